The number of likely N-dealkylation sites (tertiary alicyclic amines) is 1. The maximum atomic E-state index is 7.88. The summed E-state index contributed by atoms with van der Waals surface area (Å²) in [4.78, 5) is 2.21. The van der Waals surface area contributed by atoms with Gasteiger partial charge in [0.25, 0.3) is 0 Å². The molecule has 0 spiro atoms. The molecular weight excluding hydrogens is 264 g/mol. The van der Waals surface area contributed by atoms with Crippen LogP contribution in [0.2, 0.25) is 0 Å². The number of hydrogen-bond donors (Lipinski definition) is 1. The third-order valence-electron chi connectivity index (χ3n) is 3.08. The van der Waals surface area contributed by atoms with Crippen LogP contribution < -0.4 is 0 Å². The zero-order chi connectivity index (χ0) is 11.4. The van der Waals surface area contributed by atoms with Crippen LogP contribution in [0.25, 0.3) is 0 Å². The van der Waals surface area contributed by atoms with Gasteiger partial charge in [-0.3, -0.25) is 5.41 Å². The summed E-state index contributed by atoms with van der Waals surface area (Å²) >= 11 is 3.56. The van der Waals surface area contributed by atoms with Crippen LogP contribution in [0.5, 0.6) is 0 Å². The van der Waals surface area contributed by atoms with Crippen molar-refractivity contribution in [1.82, 2.24) is 4.90 Å². The molecular formula is C13H17BrN2. The summed E-state index contributed by atoms with van der Waals surface area (Å²) in [5, 5.41) is 7.88. The smallest absolute Gasteiger partial charge is 0.0957 e. The number of amidine groups is 1. The highest BCUT2D eigenvalue weighted by molar-refractivity contribution is 9.10. The third-order valence-corrected chi connectivity index (χ3v) is 3.86. The highest BCUT2D eigenvalue weighted by Crippen LogP contribution is 2.18. The van der Waals surface area contributed by atoms with Crippen LogP contribution in [0.1, 0.15) is 24.8 Å². The van der Waals surface area contributed by atoms with Gasteiger partial charge in [0.1, 0.15) is 0 Å². The van der Waals surface area contributed by atoms with Gasteiger partial charge in [-0.05, 0) is 30.9 Å². The predicted molar refractivity (Wildman–Crippen MR) is 71.0 cm³/mol. The number of piperidine rings is 1. The molecule has 0 amide bonds. The molecule has 0 aromatic heterocycles. The van der Waals surface area contributed by atoms with Crippen LogP contribution in [-0.2, 0) is 6.42 Å². The lowest BCUT2D eigenvalue weighted by Crippen LogP contribution is -2.36. The van der Waals surface area contributed by atoms with E-state index in [1.807, 2.05) is 6.07 Å². The lowest BCUT2D eigenvalue weighted by molar-refractivity contribution is 0.370. The van der Waals surface area contributed by atoms with Crippen LogP contribution in [0.4, 0.5) is 0 Å². The van der Waals surface area contributed by atoms with Crippen molar-refractivity contribution in [2.24, 2.45) is 0 Å². The first kappa shape index (κ1) is 11.6. The van der Waals surface area contributed by atoms with Gasteiger partial charge in [-0.2, -0.15) is 0 Å². The Labute approximate surface area is 105 Å². The first-order valence-electron chi connectivity index (χ1n) is 5.83. The maximum Gasteiger partial charge on any atom is 0.0957 e. The van der Waals surface area contributed by atoms with E-state index in [0.29, 0.717) is 0 Å². The third kappa shape index (κ3) is 2.85. The highest BCUT2D eigenvalue weighted by atomic mass is 79.9. The van der Waals surface area contributed by atoms with E-state index in [9.17, 15) is 0 Å². The SMILES string of the molecule is N=C1CCCCN1CCc1ccccc1Br. The first-order chi connectivity index (χ1) is 7.77. The van der Waals surface area contributed by atoms with Crippen molar-refractivity contribution in [3.63, 3.8) is 0 Å². The normalized spacial score (nSPS) is 16.6. The highest BCUT2D eigenvalue weighted by Gasteiger charge is 2.14. The van der Waals surface area contributed by atoms with E-state index in [4.69, 9.17) is 5.41 Å². The Kier molecular flexibility index (Phi) is 3.99. The fourth-order valence-electron chi connectivity index (χ4n) is 2.09. The Balaban J connectivity index is 1.92. The molecule has 1 aliphatic rings. The summed E-state index contributed by atoms with van der Waals surface area (Å²) in [5.41, 5.74) is 1.33. The molecule has 86 valence electrons. The van der Waals surface area contributed by atoms with Gasteiger partial charge in [0, 0.05) is 24.0 Å². The largest absolute Gasteiger partial charge is 0.360 e. The molecule has 1 aliphatic heterocycles. The maximum absolute atomic E-state index is 7.88. The van der Waals surface area contributed by atoms with Gasteiger partial charge in [0.05, 0.1) is 5.84 Å². The molecule has 0 aliphatic carbocycles. The van der Waals surface area contributed by atoms with E-state index in [2.05, 4.69) is 39.0 Å². The van der Waals surface area contributed by atoms with E-state index in [1.165, 1.54) is 22.9 Å². The topological polar surface area (TPSA) is 27.1 Å². The van der Waals surface area contributed by atoms with E-state index >= 15 is 0 Å². The molecule has 1 aromatic rings. The molecule has 1 saturated heterocycles. The second-order valence-corrected chi connectivity index (χ2v) is 5.09. The molecule has 0 unspecified atom stereocenters. The lowest BCUT2D eigenvalue weighted by Gasteiger charge is -2.29. The van der Waals surface area contributed by atoms with Gasteiger partial charge in [-0.25, -0.2) is 0 Å². The van der Waals surface area contributed by atoms with Crippen molar-refractivity contribution < 1.29 is 0 Å². The summed E-state index contributed by atoms with van der Waals surface area (Å²) in [5.74, 6) is 0.818. The standard InChI is InChI=1S/C13H17BrN2/c14-12-6-2-1-5-11(12)8-10-16-9-4-3-7-13(16)15/h1-2,5-6,15H,3-4,7-10H2. The molecule has 0 saturated carbocycles. The molecule has 0 bridgehead atoms. The van der Waals surface area contributed by atoms with Crippen molar-refractivity contribution in [1.29, 1.82) is 5.41 Å². The van der Waals surface area contributed by atoms with E-state index in [0.717, 1.165) is 31.8 Å². The molecule has 1 aromatic carbocycles. The van der Waals surface area contributed by atoms with Crippen LogP contribution in [0.3, 0.4) is 0 Å². The zero-order valence-electron chi connectivity index (χ0n) is 9.38. The summed E-state index contributed by atoms with van der Waals surface area (Å²) in [6.07, 6.45) is 4.39. The summed E-state index contributed by atoms with van der Waals surface area (Å²) in [6.45, 7) is 2.03. The second kappa shape index (κ2) is 5.48. The molecule has 3 heteroatoms. The van der Waals surface area contributed by atoms with Crippen LogP contribution in [-0.4, -0.2) is 23.8 Å². The lowest BCUT2D eigenvalue weighted by atomic mass is 10.1. The minimum absolute atomic E-state index is 0.818. The minimum atomic E-state index is 0.818. The summed E-state index contributed by atoms with van der Waals surface area (Å²) in [7, 11) is 0. The fourth-order valence-corrected chi connectivity index (χ4v) is 2.57. The van der Waals surface area contributed by atoms with Crippen molar-refractivity contribution in [2.75, 3.05) is 13.1 Å². The number of nitrogens with zero attached hydrogens (tertiary/aromatic N) is 1. The quantitative estimate of drug-likeness (QED) is 0.902. The first-order valence-corrected chi connectivity index (χ1v) is 6.62. The van der Waals surface area contributed by atoms with Crippen LogP contribution in [0.15, 0.2) is 28.7 Å². The fraction of sp³-hybridized carbons (Fsp3) is 0.462. The van der Waals surface area contributed by atoms with Crippen molar-refractivity contribution in [2.45, 2.75) is 25.7 Å². The average Bonchev–Trinajstić information content (AvgIpc) is 2.30. The number of benzene rings is 1. The van der Waals surface area contributed by atoms with E-state index < -0.39 is 0 Å². The van der Waals surface area contributed by atoms with E-state index in [-0.39, 0.29) is 0 Å². The van der Waals surface area contributed by atoms with Gasteiger partial charge >= 0.3 is 0 Å². The molecule has 0 radical (unpaired) electrons. The molecule has 2 rings (SSSR count). The Bertz CT molecular complexity index is 376. The zero-order valence-corrected chi connectivity index (χ0v) is 11.0. The minimum Gasteiger partial charge on any atom is -0.360 e. The van der Waals surface area contributed by atoms with Gasteiger partial charge in [-0.15, -0.1) is 0 Å². The number of halogens is 1. The van der Waals surface area contributed by atoms with Crippen LogP contribution >= 0.6 is 15.9 Å². The molecule has 1 heterocycles. The number of hydrogen-bond acceptors (Lipinski definition) is 1. The Hall–Kier alpha value is -0.830. The monoisotopic (exact) mass is 280 g/mol. The Morgan fingerprint density at radius 2 is 2.06 bits per heavy atom. The molecule has 1 fully saturated rings. The Morgan fingerprint density at radius 1 is 1.25 bits per heavy atom. The number of nitrogens with one attached hydrogen (secondary N) is 1. The van der Waals surface area contributed by atoms with Gasteiger partial charge in [0.15, 0.2) is 0 Å². The van der Waals surface area contributed by atoms with Crippen LogP contribution in [0, 0.1) is 5.41 Å². The van der Waals surface area contributed by atoms with Crippen molar-refractivity contribution in [3.8, 4) is 0 Å². The summed E-state index contributed by atoms with van der Waals surface area (Å²) < 4.78 is 1.18. The molecule has 16 heavy (non-hydrogen) atoms. The molecule has 1 N–H and O–H groups in total. The molecule has 2 nitrogen and oxygen atoms in total. The number of rotatable bonds is 3. The van der Waals surface area contributed by atoms with Gasteiger partial charge < -0.3 is 4.90 Å². The van der Waals surface area contributed by atoms with Crippen molar-refractivity contribution in [3.05, 3.63) is 34.3 Å². The summed E-state index contributed by atoms with van der Waals surface area (Å²) in [6, 6.07) is 8.34. The van der Waals surface area contributed by atoms with E-state index in [1.54, 1.807) is 0 Å². The predicted octanol–water partition coefficient (Wildman–Crippen LogP) is 3.45. The Morgan fingerprint density at radius 3 is 2.81 bits per heavy atom. The molecule has 0 atom stereocenters. The van der Waals surface area contributed by atoms with Crippen molar-refractivity contribution >= 4 is 21.8 Å². The van der Waals surface area contributed by atoms with Gasteiger partial charge in [-0.1, -0.05) is 34.1 Å². The average molecular weight is 281 g/mol. The van der Waals surface area contributed by atoms with Gasteiger partial charge in [0.2, 0.25) is 0 Å². The second-order valence-electron chi connectivity index (χ2n) is 4.23.